The zero-order valence-corrected chi connectivity index (χ0v) is 12.0. The lowest BCUT2D eigenvalue weighted by molar-refractivity contribution is 0.308. The Kier molecular flexibility index (Phi) is 4.07. The highest BCUT2D eigenvalue weighted by molar-refractivity contribution is 9.10. The normalized spacial score (nSPS) is 10.5. The molecule has 0 saturated heterocycles. The Labute approximate surface area is 114 Å². The minimum absolute atomic E-state index is 0.590. The highest BCUT2D eigenvalue weighted by atomic mass is 79.9. The Hall–Kier alpha value is -1.000. The largest absolute Gasteiger partial charge is 0.487 e. The molecule has 0 bridgehead atoms. The van der Waals surface area contributed by atoms with E-state index in [1.165, 1.54) is 9.75 Å². The number of thiophene rings is 1. The topological polar surface area (TPSA) is 35.2 Å². The maximum atomic E-state index is 5.75. The van der Waals surface area contributed by atoms with Gasteiger partial charge in [0, 0.05) is 21.5 Å². The van der Waals surface area contributed by atoms with E-state index in [0.29, 0.717) is 12.3 Å². The van der Waals surface area contributed by atoms with Crippen LogP contribution in [0.5, 0.6) is 5.75 Å². The van der Waals surface area contributed by atoms with Gasteiger partial charge < -0.3 is 10.5 Å². The van der Waals surface area contributed by atoms with Gasteiger partial charge in [-0.15, -0.1) is 11.3 Å². The van der Waals surface area contributed by atoms with Crippen LogP contribution in [0, 0.1) is 0 Å². The summed E-state index contributed by atoms with van der Waals surface area (Å²) in [5.74, 6) is 0.788. The van der Waals surface area contributed by atoms with Gasteiger partial charge in [-0.25, -0.2) is 0 Å². The van der Waals surface area contributed by atoms with Crippen molar-refractivity contribution in [3.05, 3.63) is 44.6 Å². The van der Waals surface area contributed by atoms with Crippen LogP contribution >= 0.6 is 27.3 Å². The van der Waals surface area contributed by atoms with E-state index < -0.39 is 0 Å². The van der Waals surface area contributed by atoms with Crippen LogP contribution in [0.15, 0.2) is 34.8 Å². The van der Waals surface area contributed by atoms with Crippen LogP contribution in [-0.4, -0.2) is 0 Å². The number of aryl methyl sites for hydroxylation is 1. The third kappa shape index (κ3) is 3.23. The first-order valence-corrected chi connectivity index (χ1v) is 7.05. The number of halogens is 1. The second-order valence-electron chi connectivity index (χ2n) is 3.70. The molecule has 0 saturated carbocycles. The molecule has 2 rings (SSSR count). The molecular weight excluding hydrogens is 298 g/mol. The number of hydrogen-bond acceptors (Lipinski definition) is 3. The lowest BCUT2D eigenvalue weighted by atomic mass is 10.3. The number of nitrogens with two attached hydrogens (primary N) is 1. The average Bonchev–Trinajstić information content (AvgIpc) is 2.78. The predicted molar refractivity (Wildman–Crippen MR) is 76.6 cm³/mol. The second-order valence-corrected chi connectivity index (χ2v) is 5.81. The van der Waals surface area contributed by atoms with Crippen LogP contribution in [0.3, 0.4) is 0 Å². The van der Waals surface area contributed by atoms with E-state index in [0.717, 1.165) is 16.6 Å². The van der Waals surface area contributed by atoms with E-state index in [-0.39, 0.29) is 0 Å². The van der Waals surface area contributed by atoms with Crippen molar-refractivity contribution < 1.29 is 4.74 Å². The molecule has 0 aliphatic heterocycles. The highest BCUT2D eigenvalue weighted by Gasteiger charge is 2.04. The Bertz CT molecular complexity index is 510. The second kappa shape index (κ2) is 5.56. The lowest BCUT2D eigenvalue weighted by Crippen LogP contribution is -1.95. The summed E-state index contributed by atoms with van der Waals surface area (Å²) in [6.07, 6.45) is 1.08. The van der Waals surface area contributed by atoms with Gasteiger partial charge in [0.25, 0.3) is 0 Å². The Morgan fingerprint density at radius 3 is 2.71 bits per heavy atom. The Balaban J connectivity index is 2.04. The minimum Gasteiger partial charge on any atom is -0.487 e. The summed E-state index contributed by atoms with van der Waals surface area (Å²) in [5.41, 5.74) is 6.44. The molecule has 0 fully saturated rings. The first kappa shape index (κ1) is 12.5. The fourth-order valence-electron chi connectivity index (χ4n) is 1.47. The third-order valence-electron chi connectivity index (χ3n) is 2.39. The summed E-state index contributed by atoms with van der Waals surface area (Å²) >= 11 is 5.24. The van der Waals surface area contributed by atoms with Gasteiger partial charge >= 0.3 is 0 Å². The highest BCUT2D eigenvalue weighted by Crippen LogP contribution is 2.28. The molecule has 4 heteroatoms. The lowest BCUT2D eigenvalue weighted by Gasteiger charge is -2.07. The summed E-state index contributed by atoms with van der Waals surface area (Å²) < 4.78 is 6.67. The van der Waals surface area contributed by atoms with Gasteiger partial charge in [-0.2, -0.15) is 0 Å². The van der Waals surface area contributed by atoms with Crippen molar-refractivity contribution in [1.29, 1.82) is 0 Å². The maximum Gasteiger partial charge on any atom is 0.136 e. The van der Waals surface area contributed by atoms with Crippen LogP contribution in [0.25, 0.3) is 0 Å². The summed E-state index contributed by atoms with van der Waals surface area (Å²) in [7, 11) is 0. The smallest absolute Gasteiger partial charge is 0.136 e. The van der Waals surface area contributed by atoms with Crippen molar-refractivity contribution in [1.82, 2.24) is 0 Å². The summed E-state index contributed by atoms with van der Waals surface area (Å²) in [4.78, 5) is 2.62. The minimum atomic E-state index is 0.590. The van der Waals surface area contributed by atoms with Crippen molar-refractivity contribution >= 4 is 33.0 Å². The molecule has 0 aliphatic carbocycles. The third-order valence-corrected chi connectivity index (χ3v) is 4.25. The SMILES string of the molecule is CCc1ccc(COc2cc(N)ccc2Br)s1. The molecule has 17 heavy (non-hydrogen) atoms. The van der Waals surface area contributed by atoms with E-state index in [4.69, 9.17) is 10.5 Å². The Morgan fingerprint density at radius 1 is 1.24 bits per heavy atom. The molecular formula is C13H14BrNOS. The van der Waals surface area contributed by atoms with Crippen LogP contribution in [0.1, 0.15) is 16.7 Å². The molecule has 0 atom stereocenters. The van der Waals surface area contributed by atoms with E-state index in [9.17, 15) is 0 Å². The first-order chi connectivity index (χ1) is 8.19. The van der Waals surface area contributed by atoms with E-state index in [1.807, 2.05) is 18.2 Å². The number of nitrogen functional groups attached to an aromatic ring is 1. The molecule has 2 N–H and O–H groups in total. The summed E-state index contributed by atoms with van der Waals surface area (Å²) in [6, 6.07) is 9.84. The van der Waals surface area contributed by atoms with E-state index in [1.54, 1.807) is 11.3 Å². The number of ether oxygens (including phenoxy) is 1. The Morgan fingerprint density at radius 2 is 2.00 bits per heavy atom. The molecule has 1 aromatic heterocycles. The van der Waals surface area contributed by atoms with Gasteiger partial charge in [-0.3, -0.25) is 0 Å². The zero-order valence-electron chi connectivity index (χ0n) is 9.57. The van der Waals surface area contributed by atoms with Crippen LogP contribution in [-0.2, 0) is 13.0 Å². The predicted octanol–water partition coefficient (Wildman–Crippen LogP) is 4.23. The standard InChI is InChI=1S/C13H14BrNOS/c1-2-10-4-5-11(17-10)8-16-13-7-9(15)3-6-12(13)14/h3-7H,2,8,15H2,1H3. The molecule has 0 unspecified atom stereocenters. The molecule has 0 radical (unpaired) electrons. The zero-order chi connectivity index (χ0) is 12.3. The van der Waals surface area contributed by atoms with E-state index >= 15 is 0 Å². The van der Waals surface area contributed by atoms with Gasteiger partial charge in [0.2, 0.25) is 0 Å². The van der Waals surface area contributed by atoms with Crippen LogP contribution in [0.2, 0.25) is 0 Å². The van der Waals surface area contributed by atoms with Crippen molar-refractivity contribution in [3.63, 3.8) is 0 Å². The molecule has 0 spiro atoms. The molecule has 90 valence electrons. The number of anilines is 1. The molecule has 1 aromatic carbocycles. The van der Waals surface area contributed by atoms with Gasteiger partial charge in [0.1, 0.15) is 12.4 Å². The van der Waals surface area contributed by atoms with Gasteiger partial charge in [0.15, 0.2) is 0 Å². The average molecular weight is 312 g/mol. The van der Waals surface area contributed by atoms with Crippen molar-refractivity contribution in [3.8, 4) is 5.75 Å². The van der Waals surface area contributed by atoms with Gasteiger partial charge in [-0.05, 0) is 46.6 Å². The molecule has 1 heterocycles. The van der Waals surface area contributed by atoms with Crippen LogP contribution in [0.4, 0.5) is 5.69 Å². The van der Waals surface area contributed by atoms with Crippen molar-refractivity contribution in [2.45, 2.75) is 20.0 Å². The van der Waals surface area contributed by atoms with Crippen molar-refractivity contribution in [2.75, 3.05) is 5.73 Å². The quantitative estimate of drug-likeness (QED) is 0.857. The molecule has 0 aliphatic rings. The first-order valence-electron chi connectivity index (χ1n) is 5.44. The number of hydrogen-bond donors (Lipinski definition) is 1. The monoisotopic (exact) mass is 311 g/mol. The summed E-state index contributed by atoms with van der Waals surface area (Å²) in [6.45, 7) is 2.75. The van der Waals surface area contributed by atoms with E-state index in [2.05, 4.69) is 35.0 Å². The number of benzene rings is 1. The van der Waals surface area contributed by atoms with Gasteiger partial charge in [-0.1, -0.05) is 6.92 Å². The van der Waals surface area contributed by atoms with Crippen molar-refractivity contribution in [2.24, 2.45) is 0 Å². The number of rotatable bonds is 4. The molecule has 0 amide bonds. The molecule has 2 aromatic rings. The fourth-order valence-corrected chi connectivity index (χ4v) is 2.70. The summed E-state index contributed by atoms with van der Waals surface area (Å²) in [5, 5.41) is 0. The van der Waals surface area contributed by atoms with Crippen LogP contribution < -0.4 is 10.5 Å². The van der Waals surface area contributed by atoms with Gasteiger partial charge in [0.05, 0.1) is 4.47 Å². The fraction of sp³-hybridized carbons (Fsp3) is 0.231. The molecule has 2 nitrogen and oxygen atoms in total. The maximum absolute atomic E-state index is 5.75.